The molecule has 1 saturated heterocycles. The van der Waals surface area contributed by atoms with Gasteiger partial charge in [0.1, 0.15) is 5.56 Å². The van der Waals surface area contributed by atoms with Crippen molar-refractivity contribution in [2.75, 3.05) is 32.8 Å². The van der Waals surface area contributed by atoms with E-state index in [0.29, 0.717) is 45.6 Å². The molecule has 1 aromatic heterocycles. The van der Waals surface area contributed by atoms with Crippen molar-refractivity contribution in [1.29, 1.82) is 0 Å². The minimum Gasteiger partial charge on any atom is -0.465 e. The third kappa shape index (κ3) is 6.67. The number of carbonyl (C=O) groups is 3. The lowest BCUT2D eigenvalue weighted by atomic mass is 10.1. The lowest BCUT2D eigenvalue weighted by Crippen LogP contribution is -2.45. The van der Waals surface area contributed by atoms with Gasteiger partial charge in [0.25, 0.3) is 17.4 Å². The second-order valence-corrected chi connectivity index (χ2v) is 8.04. The number of hydrogen-bond donors (Lipinski definition) is 3. The van der Waals surface area contributed by atoms with Crippen molar-refractivity contribution in [1.82, 2.24) is 20.1 Å². The number of carbonyl (C=O) groups excluding carboxylic acids is 2. The van der Waals surface area contributed by atoms with Crippen LogP contribution in [0.1, 0.15) is 46.0 Å². The number of nitrogens with zero attached hydrogens (tertiary/aromatic N) is 2. The van der Waals surface area contributed by atoms with Gasteiger partial charge in [0, 0.05) is 25.8 Å². The molecule has 3 N–H and O–H groups in total. The minimum atomic E-state index is -0.963. The van der Waals surface area contributed by atoms with Crippen LogP contribution in [0.15, 0.2) is 47.4 Å². The molecule has 1 aromatic carbocycles. The molecule has 0 radical (unpaired) electrons. The summed E-state index contributed by atoms with van der Waals surface area (Å²) >= 11 is 0. The van der Waals surface area contributed by atoms with Gasteiger partial charge in [0.2, 0.25) is 0 Å². The normalized spacial score (nSPS) is 15.6. The summed E-state index contributed by atoms with van der Waals surface area (Å²) in [6.45, 7) is 3.71. The molecule has 0 spiro atoms. The average molecular weight is 471 g/mol. The van der Waals surface area contributed by atoms with Gasteiger partial charge in [0.15, 0.2) is 0 Å². The van der Waals surface area contributed by atoms with Crippen LogP contribution in [0.5, 0.6) is 0 Å². The Morgan fingerprint density at radius 1 is 1.15 bits per heavy atom. The maximum Gasteiger partial charge on any atom is 0.407 e. The third-order valence-corrected chi connectivity index (χ3v) is 5.52. The van der Waals surface area contributed by atoms with Gasteiger partial charge in [-0.05, 0) is 31.4 Å². The molecule has 1 fully saturated rings. The van der Waals surface area contributed by atoms with Crippen molar-refractivity contribution in [3.05, 3.63) is 69.6 Å². The molecule has 2 heterocycles. The quantitative estimate of drug-likeness (QED) is 0.477. The van der Waals surface area contributed by atoms with Crippen molar-refractivity contribution in [3.63, 3.8) is 0 Å². The van der Waals surface area contributed by atoms with Crippen LogP contribution in [0.4, 0.5) is 4.79 Å². The Kier molecular flexibility index (Phi) is 8.80. The number of hydrogen-bond acceptors (Lipinski definition) is 5. The lowest BCUT2D eigenvalue weighted by molar-refractivity contribution is -0.0259. The topological polar surface area (TPSA) is 130 Å². The second-order valence-electron chi connectivity index (χ2n) is 8.04. The smallest absolute Gasteiger partial charge is 0.407 e. The zero-order chi connectivity index (χ0) is 24.5. The molecule has 2 aromatic rings. The van der Waals surface area contributed by atoms with E-state index >= 15 is 0 Å². The van der Waals surface area contributed by atoms with E-state index in [2.05, 4.69) is 10.6 Å². The highest BCUT2D eigenvalue weighted by Crippen LogP contribution is 2.11. The highest BCUT2D eigenvalue weighted by molar-refractivity contribution is 5.99. The Morgan fingerprint density at radius 2 is 1.91 bits per heavy atom. The van der Waals surface area contributed by atoms with Crippen LogP contribution in [-0.4, -0.2) is 71.4 Å². The predicted octanol–water partition coefficient (Wildman–Crippen LogP) is 1.54. The van der Waals surface area contributed by atoms with E-state index in [9.17, 15) is 19.2 Å². The lowest BCUT2D eigenvalue weighted by Gasteiger charge is -2.31. The summed E-state index contributed by atoms with van der Waals surface area (Å²) < 4.78 is 6.97. The molecular formula is C24H30N4O6. The first-order chi connectivity index (χ1) is 16.4. The zero-order valence-corrected chi connectivity index (χ0v) is 19.2. The summed E-state index contributed by atoms with van der Waals surface area (Å²) in [5, 5.41) is 14.5. The number of amides is 3. The molecular weight excluding hydrogens is 440 g/mol. The van der Waals surface area contributed by atoms with Crippen molar-refractivity contribution in [2.24, 2.45) is 0 Å². The summed E-state index contributed by atoms with van der Waals surface area (Å²) in [5.41, 5.74) is 0.522. The summed E-state index contributed by atoms with van der Waals surface area (Å²) in [6.07, 6.45) is 1.48. The predicted molar refractivity (Wildman–Crippen MR) is 125 cm³/mol. The Hall–Kier alpha value is -3.66. The highest BCUT2D eigenvalue weighted by Gasteiger charge is 2.23. The molecule has 182 valence electrons. The Balaban J connectivity index is 1.67. The molecule has 0 aliphatic carbocycles. The first-order valence-electron chi connectivity index (χ1n) is 11.3. The number of ether oxygens (including phenoxy) is 1. The molecule has 34 heavy (non-hydrogen) atoms. The standard InChI is InChI=1S/C24H30N4O6/c1-2-25-22(30)20-13-18(15-28(23(20)31)14-17-7-4-3-5-8-17)21(29)26-10-6-9-19-16-27(24(32)33)11-12-34-19/h3-5,7-8,13,15,19H,2,6,9-12,14,16H2,1H3,(H,25,30)(H,26,29)(H,32,33). The van der Waals surface area contributed by atoms with Gasteiger partial charge in [-0.15, -0.1) is 0 Å². The van der Waals surface area contributed by atoms with E-state index in [4.69, 9.17) is 9.84 Å². The average Bonchev–Trinajstić information content (AvgIpc) is 2.84. The van der Waals surface area contributed by atoms with Gasteiger partial charge in [-0.3, -0.25) is 14.4 Å². The van der Waals surface area contributed by atoms with Crippen LogP contribution < -0.4 is 16.2 Å². The van der Waals surface area contributed by atoms with E-state index in [-0.39, 0.29) is 23.8 Å². The van der Waals surface area contributed by atoms with Crippen molar-refractivity contribution >= 4 is 17.9 Å². The first kappa shape index (κ1) is 25.0. The number of nitrogens with one attached hydrogen (secondary N) is 2. The van der Waals surface area contributed by atoms with Crippen LogP contribution in [0.25, 0.3) is 0 Å². The van der Waals surface area contributed by atoms with Crippen LogP contribution in [0, 0.1) is 0 Å². The van der Waals surface area contributed by atoms with Crippen molar-refractivity contribution in [2.45, 2.75) is 32.4 Å². The summed E-state index contributed by atoms with van der Waals surface area (Å²) in [7, 11) is 0. The fourth-order valence-corrected chi connectivity index (χ4v) is 3.78. The molecule has 1 atom stereocenters. The fourth-order valence-electron chi connectivity index (χ4n) is 3.78. The summed E-state index contributed by atoms with van der Waals surface area (Å²) in [5.74, 6) is -0.925. The van der Waals surface area contributed by atoms with E-state index < -0.39 is 23.5 Å². The number of benzene rings is 1. The molecule has 1 aliphatic heterocycles. The number of carboxylic acid groups (broad SMARTS) is 1. The van der Waals surface area contributed by atoms with Crippen LogP contribution >= 0.6 is 0 Å². The number of aromatic nitrogens is 1. The molecule has 0 bridgehead atoms. The van der Waals surface area contributed by atoms with Gasteiger partial charge >= 0.3 is 6.09 Å². The Bertz CT molecular complexity index is 1070. The maximum absolute atomic E-state index is 12.9. The third-order valence-electron chi connectivity index (χ3n) is 5.52. The Labute approximate surface area is 197 Å². The van der Waals surface area contributed by atoms with Crippen LogP contribution in [0.3, 0.4) is 0 Å². The number of morpholine rings is 1. The second kappa shape index (κ2) is 12.0. The molecule has 1 aliphatic rings. The fraction of sp³-hybridized carbons (Fsp3) is 0.417. The zero-order valence-electron chi connectivity index (χ0n) is 19.2. The molecule has 0 saturated carbocycles. The van der Waals surface area contributed by atoms with E-state index in [1.165, 1.54) is 21.7 Å². The van der Waals surface area contributed by atoms with Gasteiger partial charge in [-0.2, -0.15) is 0 Å². The van der Waals surface area contributed by atoms with E-state index in [0.717, 1.165) is 5.56 Å². The van der Waals surface area contributed by atoms with Gasteiger partial charge in [0.05, 0.1) is 31.4 Å². The highest BCUT2D eigenvalue weighted by atomic mass is 16.5. The van der Waals surface area contributed by atoms with Gasteiger partial charge in [-0.25, -0.2) is 4.79 Å². The van der Waals surface area contributed by atoms with Gasteiger partial charge < -0.3 is 29.9 Å². The largest absolute Gasteiger partial charge is 0.465 e. The molecule has 1 unspecified atom stereocenters. The maximum atomic E-state index is 12.9. The van der Waals surface area contributed by atoms with Gasteiger partial charge in [-0.1, -0.05) is 30.3 Å². The molecule has 3 rings (SSSR count). The van der Waals surface area contributed by atoms with Crippen molar-refractivity contribution < 1.29 is 24.2 Å². The van der Waals surface area contributed by atoms with E-state index in [1.54, 1.807) is 6.92 Å². The number of rotatable bonds is 9. The molecule has 10 nitrogen and oxygen atoms in total. The first-order valence-corrected chi connectivity index (χ1v) is 11.3. The monoisotopic (exact) mass is 470 g/mol. The van der Waals surface area contributed by atoms with Crippen molar-refractivity contribution in [3.8, 4) is 0 Å². The summed E-state index contributed by atoms with van der Waals surface area (Å²) in [4.78, 5) is 50.6. The summed E-state index contributed by atoms with van der Waals surface area (Å²) in [6, 6.07) is 10.6. The van der Waals surface area contributed by atoms with Crippen LogP contribution in [0.2, 0.25) is 0 Å². The van der Waals surface area contributed by atoms with Crippen LogP contribution in [-0.2, 0) is 11.3 Å². The molecule has 10 heteroatoms. The molecule has 3 amide bonds. The number of pyridine rings is 1. The minimum absolute atomic E-state index is 0.0881. The Morgan fingerprint density at radius 3 is 2.62 bits per heavy atom. The van der Waals surface area contributed by atoms with E-state index in [1.807, 2.05) is 30.3 Å². The SMILES string of the molecule is CCNC(=O)c1cc(C(=O)NCCCC2CN(C(=O)O)CCO2)cn(Cc2ccccc2)c1=O.